The summed E-state index contributed by atoms with van der Waals surface area (Å²) < 4.78 is 18.8. The van der Waals surface area contributed by atoms with Gasteiger partial charge in [-0.3, -0.25) is 10.00 Å². The number of rotatable bonds is 5. The first-order valence-corrected chi connectivity index (χ1v) is 8.71. The first kappa shape index (κ1) is 17.2. The van der Waals surface area contributed by atoms with E-state index in [0.29, 0.717) is 18.4 Å². The maximum atomic E-state index is 13.2. The van der Waals surface area contributed by atoms with Gasteiger partial charge in [0.05, 0.1) is 36.9 Å². The Labute approximate surface area is 156 Å². The average molecular weight is 369 g/mol. The van der Waals surface area contributed by atoms with Gasteiger partial charge in [-0.2, -0.15) is 0 Å². The zero-order valence-corrected chi connectivity index (χ0v) is 15.3. The Hall–Kier alpha value is -3.23. The quantitative estimate of drug-likeness (QED) is 0.739. The largest absolute Gasteiger partial charge is 0.474 e. The second kappa shape index (κ2) is 6.82. The highest BCUT2D eigenvalue weighted by atomic mass is 19.1. The van der Waals surface area contributed by atoms with Crippen LogP contribution in [0.4, 0.5) is 21.7 Å². The van der Waals surface area contributed by atoms with Crippen molar-refractivity contribution in [3.8, 4) is 5.88 Å². The highest BCUT2D eigenvalue weighted by Gasteiger charge is 2.33. The van der Waals surface area contributed by atoms with Crippen molar-refractivity contribution in [2.75, 3.05) is 16.5 Å². The van der Waals surface area contributed by atoms with E-state index >= 15 is 0 Å². The summed E-state index contributed by atoms with van der Waals surface area (Å²) in [6, 6.07) is 5.56. The Bertz CT molecular complexity index is 927. The number of ether oxygens (including phenoxy) is 1. The summed E-state index contributed by atoms with van der Waals surface area (Å²) in [4.78, 5) is 16.9. The Morgan fingerprint density at radius 2 is 1.96 bits per heavy atom. The summed E-state index contributed by atoms with van der Waals surface area (Å²) in [5, 5.41) is 7.21. The molecular formula is C18H20FN7O. The number of aromatic amines is 1. The van der Waals surface area contributed by atoms with Crippen LogP contribution < -0.4 is 14.5 Å². The van der Waals surface area contributed by atoms with Crippen molar-refractivity contribution in [3.63, 3.8) is 0 Å². The lowest BCUT2D eigenvalue weighted by molar-refractivity contribution is 0.232. The Morgan fingerprint density at radius 3 is 2.70 bits per heavy atom. The molecular weight excluding hydrogens is 349 g/mol. The second-order valence-electron chi connectivity index (χ2n) is 6.58. The molecule has 4 heterocycles. The SMILES string of the molecule is CC(C)Oc1cc(N2CN([C@@H](C)c3ncc(F)cn3)c3cccnc32)[nH]n1. The van der Waals surface area contributed by atoms with E-state index in [1.165, 1.54) is 12.4 Å². The summed E-state index contributed by atoms with van der Waals surface area (Å²) in [5.74, 6) is 2.20. The minimum Gasteiger partial charge on any atom is -0.474 e. The summed E-state index contributed by atoms with van der Waals surface area (Å²) in [6.07, 6.45) is 4.15. The van der Waals surface area contributed by atoms with Gasteiger partial charge < -0.3 is 9.64 Å². The predicted molar refractivity (Wildman–Crippen MR) is 98.5 cm³/mol. The van der Waals surface area contributed by atoms with Crippen LogP contribution >= 0.6 is 0 Å². The molecule has 8 nitrogen and oxygen atoms in total. The number of pyridine rings is 1. The van der Waals surface area contributed by atoms with Crippen molar-refractivity contribution in [2.45, 2.75) is 32.9 Å². The minimum atomic E-state index is -0.453. The molecule has 1 atom stereocenters. The van der Waals surface area contributed by atoms with Crippen LogP contribution in [0, 0.1) is 5.82 Å². The fourth-order valence-corrected chi connectivity index (χ4v) is 3.05. The van der Waals surface area contributed by atoms with E-state index in [-0.39, 0.29) is 12.1 Å². The molecule has 0 saturated carbocycles. The molecule has 0 bridgehead atoms. The molecule has 4 rings (SSSR count). The molecule has 140 valence electrons. The Kier molecular flexibility index (Phi) is 4.35. The molecule has 3 aromatic heterocycles. The molecule has 1 N–H and O–H groups in total. The van der Waals surface area contributed by atoms with Gasteiger partial charge >= 0.3 is 0 Å². The van der Waals surface area contributed by atoms with E-state index in [4.69, 9.17) is 4.74 Å². The van der Waals surface area contributed by atoms with Gasteiger partial charge in [0.25, 0.3) is 0 Å². The van der Waals surface area contributed by atoms with Gasteiger partial charge in [0.2, 0.25) is 5.88 Å². The normalized spacial score (nSPS) is 14.6. The maximum absolute atomic E-state index is 13.2. The highest BCUT2D eigenvalue weighted by Crippen LogP contribution is 2.42. The van der Waals surface area contributed by atoms with E-state index in [1.54, 1.807) is 6.20 Å². The van der Waals surface area contributed by atoms with Crippen LogP contribution in [-0.2, 0) is 0 Å². The van der Waals surface area contributed by atoms with E-state index < -0.39 is 5.82 Å². The third kappa shape index (κ3) is 3.27. The van der Waals surface area contributed by atoms with Crippen LogP contribution in [-0.4, -0.2) is 37.9 Å². The summed E-state index contributed by atoms with van der Waals surface area (Å²) >= 11 is 0. The number of fused-ring (bicyclic) bond motifs is 1. The lowest BCUT2D eigenvalue weighted by Gasteiger charge is -2.25. The van der Waals surface area contributed by atoms with Gasteiger partial charge in [-0.25, -0.2) is 19.3 Å². The van der Waals surface area contributed by atoms with Gasteiger partial charge in [0.15, 0.2) is 17.5 Å². The molecule has 1 aliphatic rings. The Balaban J connectivity index is 1.64. The van der Waals surface area contributed by atoms with Crippen LogP contribution in [0.2, 0.25) is 0 Å². The molecule has 3 aromatic rings. The number of halogens is 1. The van der Waals surface area contributed by atoms with Crippen LogP contribution in [0.3, 0.4) is 0 Å². The number of nitrogens with one attached hydrogen (secondary N) is 1. The van der Waals surface area contributed by atoms with Crippen LogP contribution in [0.5, 0.6) is 5.88 Å². The highest BCUT2D eigenvalue weighted by molar-refractivity contribution is 5.78. The molecule has 0 radical (unpaired) electrons. The smallest absolute Gasteiger partial charge is 0.234 e. The van der Waals surface area contributed by atoms with Crippen LogP contribution in [0.15, 0.2) is 36.8 Å². The summed E-state index contributed by atoms with van der Waals surface area (Å²) in [6.45, 7) is 6.41. The van der Waals surface area contributed by atoms with Crippen molar-refractivity contribution in [2.24, 2.45) is 0 Å². The van der Waals surface area contributed by atoms with Crippen molar-refractivity contribution < 1.29 is 9.13 Å². The molecule has 0 spiro atoms. The van der Waals surface area contributed by atoms with E-state index in [2.05, 4.69) is 30.0 Å². The van der Waals surface area contributed by atoms with E-state index in [9.17, 15) is 4.39 Å². The molecule has 0 saturated heterocycles. The van der Waals surface area contributed by atoms with Crippen molar-refractivity contribution in [1.82, 2.24) is 25.1 Å². The van der Waals surface area contributed by atoms with Crippen LogP contribution in [0.25, 0.3) is 0 Å². The monoisotopic (exact) mass is 369 g/mol. The molecule has 0 fully saturated rings. The number of nitrogens with zero attached hydrogens (tertiary/aromatic N) is 6. The molecule has 27 heavy (non-hydrogen) atoms. The van der Waals surface area contributed by atoms with Gasteiger partial charge in [0, 0.05) is 12.3 Å². The van der Waals surface area contributed by atoms with E-state index in [0.717, 1.165) is 17.3 Å². The third-order valence-corrected chi connectivity index (χ3v) is 4.29. The summed E-state index contributed by atoms with van der Waals surface area (Å²) in [5.41, 5.74) is 0.943. The number of aromatic nitrogens is 5. The first-order chi connectivity index (χ1) is 13.0. The van der Waals surface area contributed by atoms with Crippen molar-refractivity contribution in [1.29, 1.82) is 0 Å². The second-order valence-corrected chi connectivity index (χ2v) is 6.58. The molecule has 0 amide bonds. The topological polar surface area (TPSA) is 83.1 Å². The van der Waals surface area contributed by atoms with Gasteiger partial charge in [-0.15, -0.1) is 5.10 Å². The fourth-order valence-electron chi connectivity index (χ4n) is 3.05. The number of anilines is 3. The lowest BCUT2D eigenvalue weighted by Crippen LogP contribution is -2.31. The predicted octanol–water partition coefficient (Wildman–Crippen LogP) is 3.20. The van der Waals surface area contributed by atoms with Gasteiger partial charge in [-0.1, -0.05) is 0 Å². The number of hydrogen-bond acceptors (Lipinski definition) is 7. The standard InChI is InChI=1S/C18H20FN7O/c1-11(2)27-16-7-15(23-24-16)26-10-25(14-5-4-6-20-18(14)26)12(3)17-21-8-13(19)9-22-17/h4-9,11-12H,10H2,1-3H3,(H,23,24)/t12-/m0/s1. The minimum absolute atomic E-state index is 0.0392. The lowest BCUT2D eigenvalue weighted by atomic mass is 10.2. The van der Waals surface area contributed by atoms with Crippen LogP contribution in [0.1, 0.15) is 32.6 Å². The fraction of sp³-hybridized carbons (Fsp3) is 0.333. The molecule has 1 aliphatic heterocycles. The number of H-pyrrole nitrogens is 1. The molecule has 9 heteroatoms. The average Bonchev–Trinajstić information content (AvgIpc) is 3.25. The molecule has 0 unspecified atom stereocenters. The van der Waals surface area contributed by atoms with Crippen molar-refractivity contribution >= 4 is 17.3 Å². The summed E-state index contributed by atoms with van der Waals surface area (Å²) in [7, 11) is 0. The van der Waals surface area contributed by atoms with Crippen molar-refractivity contribution in [3.05, 3.63) is 48.4 Å². The molecule has 0 aliphatic carbocycles. The first-order valence-electron chi connectivity index (χ1n) is 8.71. The maximum Gasteiger partial charge on any atom is 0.234 e. The zero-order chi connectivity index (χ0) is 19.0. The van der Waals surface area contributed by atoms with E-state index in [1.807, 2.05) is 43.9 Å². The molecule has 0 aromatic carbocycles. The van der Waals surface area contributed by atoms with Gasteiger partial charge in [-0.05, 0) is 32.9 Å². The Morgan fingerprint density at radius 1 is 1.19 bits per heavy atom. The number of hydrogen-bond donors (Lipinski definition) is 1. The van der Waals surface area contributed by atoms with Gasteiger partial charge in [0.1, 0.15) is 5.82 Å². The zero-order valence-electron chi connectivity index (χ0n) is 15.3. The third-order valence-electron chi connectivity index (χ3n) is 4.29.